The van der Waals surface area contributed by atoms with E-state index in [4.69, 9.17) is 0 Å². The van der Waals surface area contributed by atoms with Gasteiger partial charge >= 0.3 is 6.03 Å². The van der Waals surface area contributed by atoms with Gasteiger partial charge in [-0.05, 0) is 48.7 Å². The van der Waals surface area contributed by atoms with Crippen molar-refractivity contribution in [3.05, 3.63) is 100 Å². The molecule has 8 heteroatoms. The topological polar surface area (TPSA) is 96.3 Å². The maximum Gasteiger partial charge on any atom is 0.321 e. The smallest absolute Gasteiger partial charge is 0.321 e. The number of hydrogen-bond donors (Lipinski definition) is 2. The number of nitrogens with one attached hydrogen (secondary N) is 2. The zero-order valence-electron chi connectivity index (χ0n) is 19.1. The molecule has 1 aliphatic heterocycles. The Morgan fingerprint density at radius 1 is 0.857 bits per heavy atom. The summed E-state index contributed by atoms with van der Waals surface area (Å²) in [5.74, 6) is -0.391. The van der Waals surface area contributed by atoms with Gasteiger partial charge in [0, 0.05) is 30.7 Å². The third-order valence-corrected chi connectivity index (χ3v) is 6.05. The summed E-state index contributed by atoms with van der Waals surface area (Å²) < 4.78 is 1.26. The summed E-state index contributed by atoms with van der Waals surface area (Å²) in [5.41, 5.74) is 1.97. The summed E-state index contributed by atoms with van der Waals surface area (Å²) in [4.78, 5) is 40.4. The molecule has 0 saturated carbocycles. The molecule has 0 aliphatic carbocycles. The summed E-state index contributed by atoms with van der Waals surface area (Å²) in [5, 5.41) is 11.2. The van der Waals surface area contributed by atoms with Crippen molar-refractivity contribution in [2.45, 2.75) is 19.4 Å². The van der Waals surface area contributed by atoms with Crippen LogP contribution in [-0.2, 0) is 6.54 Å². The van der Waals surface area contributed by atoms with E-state index in [-0.39, 0.29) is 23.8 Å². The van der Waals surface area contributed by atoms with E-state index in [1.165, 1.54) is 4.68 Å². The van der Waals surface area contributed by atoms with Gasteiger partial charge in [0.15, 0.2) is 5.69 Å². The third kappa shape index (κ3) is 4.77. The fraction of sp³-hybridized carbons (Fsp3) is 0.185. The molecule has 8 nitrogen and oxygen atoms in total. The molecule has 3 amide bonds. The van der Waals surface area contributed by atoms with Crippen LogP contribution in [0.25, 0.3) is 16.5 Å². The number of aromatic nitrogens is 2. The Labute approximate surface area is 202 Å². The first-order valence-electron chi connectivity index (χ1n) is 11.6. The van der Waals surface area contributed by atoms with Crippen molar-refractivity contribution in [1.82, 2.24) is 20.0 Å². The number of anilines is 1. The molecule has 35 heavy (non-hydrogen) atoms. The molecule has 2 heterocycles. The SMILES string of the molecule is O=C(NCc1cccc(NC(=O)N2CCCC2)c1)c1nn(-c2ccccc2)c(=O)c2ccccc12. The summed E-state index contributed by atoms with van der Waals surface area (Å²) >= 11 is 0. The van der Waals surface area contributed by atoms with Gasteiger partial charge in [0.25, 0.3) is 11.5 Å². The van der Waals surface area contributed by atoms with Crippen molar-refractivity contribution in [2.24, 2.45) is 0 Å². The first kappa shape index (κ1) is 22.3. The fourth-order valence-electron chi connectivity index (χ4n) is 4.25. The van der Waals surface area contributed by atoms with Crippen LogP contribution in [0, 0.1) is 0 Å². The second-order valence-corrected chi connectivity index (χ2v) is 8.45. The number of carbonyl (C=O) groups excluding carboxylic acids is 2. The maximum absolute atomic E-state index is 13.2. The highest BCUT2D eigenvalue weighted by molar-refractivity contribution is 6.04. The van der Waals surface area contributed by atoms with Crippen LogP contribution in [0.1, 0.15) is 28.9 Å². The monoisotopic (exact) mass is 467 g/mol. The van der Waals surface area contributed by atoms with Crippen LogP contribution < -0.4 is 16.2 Å². The summed E-state index contributed by atoms with van der Waals surface area (Å²) in [7, 11) is 0. The van der Waals surface area contributed by atoms with Gasteiger partial charge in [-0.25, -0.2) is 4.79 Å². The highest BCUT2D eigenvalue weighted by atomic mass is 16.2. The maximum atomic E-state index is 13.2. The molecule has 176 valence electrons. The number of likely N-dealkylation sites (tertiary alicyclic amines) is 1. The quantitative estimate of drug-likeness (QED) is 0.465. The predicted octanol–water partition coefficient (Wildman–Crippen LogP) is 3.94. The molecule has 0 radical (unpaired) electrons. The van der Waals surface area contributed by atoms with Crippen molar-refractivity contribution in [3.63, 3.8) is 0 Å². The fourth-order valence-corrected chi connectivity index (χ4v) is 4.25. The van der Waals surface area contributed by atoms with Crippen LogP contribution >= 0.6 is 0 Å². The Hall–Kier alpha value is -4.46. The molecule has 0 unspecified atom stereocenters. The molecule has 0 spiro atoms. The standard InChI is InChI=1S/C27H25N5O3/c33-25(28-18-19-9-8-10-20(17-19)29-27(35)31-15-6-7-16-31)24-22-13-4-5-14-23(22)26(34)32(30-24)21-11-2-1-3-12-21/h1-5,8-14,17H,6-7,15-16,18H2,(H,28,33)(H,29,35). The van der Waals surface area contributed by atoms with Crippen molar-refractivity contribution in [1.29, 1.82) is 0 Å². The minimum absolute atomic E-state index is 0.109. The van der Waals surface area contributed by atoms with E-state index < -0.39 is 5.91 Å². The molecular weight excluding hydrogens is 442 g/mol. The number of urea groups is 1. The Morgan fingerprint density at radius 2 is 1.57 bits per heavy atom. The first-order valence-corrected chi connectivity index (χ1v) is 11.6. The van der Waals surface area contributed by atoms with Crippen molar-refractivity contribution in [3.8, 4) is 5.69 Å². The minimum atomic E-state index is -0.391. The van der Waals surface area contributed by atoms with Gasteiger partial charge in [-0.3, -0.25) is 9.59 Å². The van der Waals surface area contributed by atoms with E-state index >= 15 is 0 Å². The third-order valence-electron chi connectivity index (χ3n) is 6.05. The molecule has 2 N–H and O–H groups in total. The van der Waals surface area contributed by atoms with Gasteiger partial charge in [0.2, 0.25) is 0 Å². The van der Waals surface area contributed by atoms with Crippen LogP contribution in [0.5, 0.6) is 0 Å². The number of benzene rings is 3. The molecular formula is C27H25N5O3. The Kier molecular flexibility index (Phi) is 6.26. The van der Waals surface area contributed by atoms with E-state index in [2.05, 4.69) is 15.7 Å². The largest absolute Gasteiger partial charge is 0.347 e. The van der Waals surface area contributed by atoms with Gasteiger partial charge in [-0.15, -0.1) is 0 Å². The Balaban J connectivity index is 1.37. The Morgan fingerprint density at radius 3 is 2.34 bits per heavy atom. The summed E-state index contributed by atoms with van der Waals surface area (Å²) in [6, 6.07) is 23.3. The predicted molar refractivity (Wildman–Crippen MR) is 135 cm³/mol. The summed E-state index contributed by atoms with van der Waals surface area (Å²) in [6.45, 7) is 1.79. The van der Waals surface area contributed by atoms with Crippen LogP contribution in [0.2, 0.25) is 0 Å². The number of amides is 3. The highest BCUT2D eigenvalue weighted by Crippen LogP contribution is 2.17. The van der Waals surface area contributed by atoms with Crippen molar-refractivity contribution < 1.29 is 9.59 Å². The van der Waals surface area contributed by atoms with Crippen molar-refractivity contribution >= 4 is 28.4 Å². The number of carbonyl (C=O) groups is 2. The minimum Gasteiger partial charge on any atom is -0.347 e. The molecule has 3 aromatic carbocycles. The number of rotatable bonds is 5. The van der Waals surface area contributed by atoms with Gasteiger partial charge in [-0.1, -0.05) is 48.5 Å². The lowest BCUT2D eigenvalue weighted by atomic mass is 10.1. The zero-order valence-corrected chi connectivity index (χ0v) is 19.1. The van der Waals surface area contributed by atoms with Crippen LogP contribution in [-0.4, -0.2) is 39.7 Å². The van der Waals surface area contributed by atoms with E-state index in [0.29, 0.717) is 22.1 Å². The zero-order chi connectivity index (χ0) is 24.2. The lowest BCUT2D eigenvalue weighted by Crippen LogP contribution is -2.32. The van der Waals surface area contributed by atoms with Gasteiger partial charge in [0.05, 0.1) is 11.1 Å². The number of para-hydroxylation sites is 1. The second kappa shape index (κ2) is 9.80. The van der Waals surface area contributed by atoms with E-state index in [0.717, 1.165) is 31.5 Å². The Bertz CT molecular complexity index is 1440. The lowest BCUT2D eigenvalue weighted by molar-refractivity contribution is 0.0946. The van der Waals surface area contributed by atoms with E-state index in [1.54, 1.807) is 41.3 Å². The number of nitrogens with zero attached hydrogens (tertiary/aromatic N) is 3. The second-order valence-electron chi connectivity index (χ2n) is 8.45. The van der Waals surface area contributed by atoms with E-state index in [1.807, 2.05) is 42.5 Å². The molecule has 1 fully saturated rings. The van der Waals surface area contributed by atoms with Gasteiger partial charge in [-0.2, -0.15) is 9.78 Å². The number of fused-ring (bicyclic) bond motifs is 1. The average Bonchev–Trinajstić information content (AvgIpc) is 3.44. The molecule has 1 aliphatic rings. The molecule has 1 aromatic heterocycles. The van der Waals surface area contributed by atoms with Crippen LogP contribution in [0.4, 0.5) is 10.5 Å². The lowest BCUT2D eigenvalue weighted by Gasteiger charge is -2.16. The average molecular weight is 468 g/mol. The number of hydrogen-bond acceptors (Lipinski definition) is 4. The van der Waals surface area contributed by atoms with Gasteiger partial charge in [0.1, 0.15) is 0 Å². The van der Waals surface area contributed by atoms with Crippen LogP contribution in [0.15, 0.2) is 83.7 Å². The molecule has 5 rings (SSSR count). The molecule has 0 bridgehead atoms. The van der Waals surface area contributed by atoms with Crippen molar-refractivity contribution in [2.75, 3.05) is 18.4 Å². The summed E-state index contributed by atoms with van der Waals surface area (Å²) in [6.07, 6.45) is 2.06. The molecule has 1 saturated heterocycles. The van der Waals surface area contributed by atoms with E-state index in [9.17, 15) is 14.4 Å². The highest BCUT2D eigenvalue weighted by Gasteiger charge is 2.19. The first-order chi connectivity index (χ1) is 17.1. The molecule has 0 atom stereocenters. The normalized spacial score (nSPS) is 13.1. The van der Waals surface area contributed by atoms with Crippen LogP contribution in [0.3, 0.4) is 0 Å². The molecule has 4 aromatic rings. The van der Waals surface area contributed by atoms with Gasteiger partial charge < -0.3 is 15.5 Å².